The number of nitrogens with one attached hydrogen (secondary N) is 1. The molecule has 0 aromatic heterocycles. The van der Waals surface area contributed by atoms with Gasteiger partial charge in [0.05, 0.1) is 6.54 Å². The summed E-state index contributed by atoms with van der Waals surface area (Å²) in [5, 5.41) is 11.3. The smallest absolute Gasteiger partial charge is 0.328 e. The largest absolute Gasteiger partial charge is 0.478 e. The van der Waals surface area contributed by atoms with Gasteiger partial charge in [-0.1, -0.05) is 0 Å². The van der Waals surface area contributed by atoms with Crippen LogP contribution in [-0.2, 0) is 9.59 Å². The first kappa shape index (κ1) is 16.7. The van der Waals surface area contributed by atoms with E-state index in [1.165, 1.54) is 18.2 Å². The van der Waals surface area contributed by atoms with Crippen LogP contribution in [0.15, 0.2) is 24.3 Å². The van der Waals surface area contributed by atoms with Gasteiger partial charge in [-0.05, 0) is 43.7 Å². The molecule has 1 aromatic rings. The summed E-state index contributed by atoms with van der Waals surface area (Å²) < 4.78 is 13.6. The minimum absolute atomic E-state index is 0.0347. The van der Waals surface area contributed by atoms with Crippen LogP contribution in [0, 0.1) is 5.82 Å². The molecule has 6 heteroatoms. The highest BCUT2D eigenvalue weighted by Crippen LogP contribution is 2.18. The summed E-state index contributed by atoms with van der Waals surface area (Å²) >= 11 is 0. The number of amides is 1. The van der Waals surface area contributed by atoms with Crippen molar-refractivity contribution >= 4 is 23.6 Å². The van der Waals surface area contributed by atoms with Crippen LogP contribution in [0.2, 0.25) is 0 Å². The molecule has 114 valence electrons. The summed E-state index contributed by atoms with van der Waals surface area (Å²) in [6, 6.07) is 4.17. The Kier molecular flexibility index (Phi) is 5.90. The second kappa shape index (κ2) is 7.42. The maximum atomic E-state index is 13.6. The molecule has 0 bridgehead atoms. The van der Waals surface area contributed by atoms with Crippen LogP contribution in [0.5, 0.6) is 0 Å². The predicted octanol–water partition coefficient (Wildman–Crippen LogP) is 1.88. The molecule has 1 rings (SSSR count). The van der Waals surface area contributed by atoms with Crippen molar-refractivity contribution in [1.29, 1.82) is 0 Å². The van der Waals surface area contributed by atoms with E-state index in [2.05, 4.69) is 5.32 Å². The van der Waals surface area contributed by atoms with Gasteiger partial charge in [-0.2, -0.15) is 0 Å². The first-order chi connectivity index (χ1) is 9.77. The number of benzene rings is 1. The fourth-order valence-corrected chi connectivity index (χ4v) is 1.75. The van der Waals surface area contributed by atoms with Gasteiger partial charge in [-0.25, -0.2) is 9.18 Å². The molecular weight excluding hydrogens is 275 g/mol. The van der Waals surface area contributed by atoms with Crippen molar-refractivity contribution in [2.45, 2.75) is 19.9 Å². The number of anilines is 1. The molecular formula is C15H19FN2O3. The second-order valence-electron chi connectivity index (χ2n) is 4.99. The van der Waals surface area contributed by atoms with E-state index in [0.717, 1.165) is 6.08 Å². The standard InChI is InChI=1S/C15H19FN2O3/c1-10(2)17-14(19)9-18(3)13-7-11(4-5-15(20)21)6-12(16)8-13/h4-8,10H,9H2,1-3H3,(H,17,19)(H,20,21)/b5-4+. The van der Waals surface area contributed by atoms with Crippen LogP contribution in [-0.4, -0.2) is 36.6 Å². The number of rotatable bonds is 6. The number of carbonyl (C=O) groups is 2. The van der Waals surface area contributed by atoms with E-state index < -0.39 is 11.8 Å². The zero-order chi connectivity index (χ0) is 16.0. The third-order valence-corrected chi connectivity index (χ3v) is 2.59. The maximum absolute atomic E-state index is 13.6. The van der Waals surface area contributed by atoms with Crippen molar-refractivity contribution in [2.75, 3.05) is 18.5 Å². The molecule has 0 spiro atoms. The van der Waals surface area contributed by atoms with E-state index in [4.69, 9.17) is 5.11 Å². The fraction of sp³-hybridized carbons (Fsp3) is 0.333. The first-order valence-corrected chi connectivity index (χ1v) is 6.50. The van der Waals surface area contributed by atoms with Crippen LogP contribution in [0.4, 0.5) is 10.1 Å². The molecule has 0 aliphatic rings. The van der Waals surface area contributed by atoms with Gasteiger partial charge in [-0.3, -0.25) is 4.79 Å². The molecule has 2 N–H and O–H groups in total. The molecule has 0 unspecified atom stereocenters. The minimum atomic E-state index is -1.11. The third kappa shape index (κ3) is 6.07. The SMILES string of the molecule is CC(C)NC(=O)CN(C)c1cc(F)cc(/C=C/C(=O)O)c1. The minimum Gasteiger partial charge on any atom is -0.478 e. The van der Waals surface area contributed by atoms with Crippen LogP contribution in [0.1, 0.15) is 19.4 Å². The second-order valence-corrected chi connectivity index (χ2v) is 4.99. The summed E-state index contributed by atoms with van der Waals surface area (Å²) in [7, 11) is 1.67. The van der Waals surface area contributed by atoms with Crippen LogP contribution >= 0.6 is 0 Å². The van der Waals surface area contributed by atoms with E-state index in [1.54, 1.807) is 18.0 Å². The normalized spacial score (nSPS) is 10.9. The first-order valence-electron chi connectivity index (χ1n) is 6.50. The van der Waals surface area contributed by atoms with Crippen LogP contribution in [0.3, 0.4) is 0 Å². The van der Waals surface area contributed by atoms with Crippen molar-refractivity contribution in [3.05, 3.63) is 35.7 Å². The van der Waals surface area contributed by atoms with Gasteiger partial charge in [0.15, 0.2) is 0 Å². The highest BCUT2D eigenvalue weighted by Gasteiger charge is 2.10. The van der Waals surface area contributed by atoms with Crippen molar-refractivity contribution in [2.24, 2.45) is 0 Å². The quantitative estimate of drug-likeness (QED) is 0.786. The Hall–Kier alpha value is -2.37. The topological polar surface area (TPSA) is 69.6 Å². The summed E-state index contributed by atoms with van der Waals surface area (Å²) in [5.74, 6) is -1.77. The van der Waals surface area contributed by atoms with E-state index in [1.807, 2.05) is 13.8 Å². The van der Waals surface area contributed by atoms with Crippen LogP contribution in [0.25, 0.3) is 6.08 Å². The van der Waals surface area contributed by atoms with Gasteiger partial charge in [0.25, 0.3) is 0 Å². The fourth-order valence-electron chi connectivity index (χ4n) is 1.75. The molecule has 1 amide bonds. The number of nitrogens with zero attached hydrogens (tertiary/aromatic N) is 1. The molecule has 0 saturated carbocycles. The van der Waals surface area contributed by atoms with Gasteiger partial charge in [0.1, 0.15) is 5.82 Å². The monoisotopic (exact) mass is 294 g/mol. The van der Waals surface area contributed by atoms with Crippen molar-refractivity contribution in [3.63, 3.8) is 0 Å². The van der Waals surface area contributed by atoms with Gasteiger partial charge >= 0.3 is 5.97 Å². The lowest BCUT2D eigenvalue weighted by atomic mass is 10.1. The lowest BCUT2D eigenvalue weighted by molar-refractivity contribution is -0.131. The number of hydrogen-bond donors (Lipinski definition) is 2. The number of halogens is 1. The predicted molar refractivity (Wildman–Crippen MR) is 79.6 cm³/mol. The van der Waals surface area contributed by atoms with Gasteiger partial charge in [0, 0.05) is 24.9 Å². The summed E-state index contributed by atoms with van der Waals surface area (Å²) in [6.45, 7) is 3.80. The zero-order valence-electron chi connectivity index (χ0n) is 12.3. The molecule has 0 atom stereocenters. The third-order valence-electron chi connectivity index (χ3n) is 2.59. The van der Waals surface area contributed by atoms with Gasteiger partial charge in [-0.15, -0.1) is 0 Å². The lowest BCUT2D eigenvalue weighted by Gasteiger charge is -2.20. The van der Waals surface area contributed by atoms with Crippen molar-refractivity contribution < 1.29 is 19.1 Å². The number of likely N-dealkylation sites (N-methyl/N-ethyl adjacent to an activating group) is 1. The van der Waals surface area contributed by atoms with Gasteiger partial charge < -0.3 is 15.3 Å². The van der Waals surface area contributed by atoms with E-state index in [0.29, 0.717) is 11.3 Å². The Labute approximate surface area is 123 Å². The molecule has 0 aliphatic heterocycles. The Balaban J connectivity index is 2.86. The summed E-state index contributed by atoms with van der Waals surface area (Å²) in [6.07, 6.45) is 2.24. The van der Waals surface area contributed by atoms with Crippen LogP contribution < -0.4 is 10.2 Å². The van der Waals surface area contributed by atoms with E-state index >= 15 is 0 Å². The molecule has 0 heterocycles. The number of carbonyl (C=O) groups excluding carboxylic acids is 1. The lowest BCUT2D eigenvalue weighted by Crippen LogP contribution is -2.38. The van der Waals surface area contributed by atoms with Gasteiger partial charge in [0.2, 0.25) is 5.91 Å². The highest BCUT2D eigenvalue weighted by atomic mass is 19.1. The number of aliphatic carboxylic acids is 1. The number of carboxylic acids is 1. The summed E-state index contributed by atoms with van der Waals surface area (Å²) in [5.41, 5.74) is 0.919. The number of hydrogen-bond acceptors (Lipinski definition) is 3. The van der Waals surface area contributed by atoms with E-state index in [9.17, 15) is 14.0 Å². The average molecular weight is 294 g/mol. The Bertz CT molecular complexity index is 556. The summed E-state index contributed by atoms with van der Waals surface area (Å²) in [4.78, 5) is 23.8. The maximum Gasteiger partial charge on any atom is 0.328 e. The molecule has 0 fully saturated rings. The molecule has 0 saturated heterocycles. The number of carboxylic acid groups (broad SMARTS) is 1. The Morgan fingerprint density at radius 1 is 1.38 bits per heavy atom. The highest BCUT2D eigenvalue weighted by molar-refractivity contribution is 5.85. The molecule has 0 radical (unpaired) electrons. The van der Waals surface area contributed by atoms with Crippen molar-refractivity contribution in [3.8, 4) is 0 Å². The molecule has 0 aliphatic carbocycles. The Morgan fingerprint density at radius 2 is 2.05 bits per heavy atom. The van der Waals surface area contributed by atoms with Crippen molar-refractivity contribution in [1.82, 2.24) is 5.32 Å². The molecule has 21 heavy (non-hydrogen) atoms. The Morgan fingerprint density at radius 3 is 2.62 bits per heavy atom. The average Bonchev–Trinajstić information content (AvgIpc) is 2.34. The van der Waals surface area contributed by atoms with E-state index in [-0.39, 0.29) is 18.5 Å². The molecule has 5 nitrogen and oxygen atoms in total. The molecule has 1 aromatic carbocycles. The zero-order valence-corrected chi connectivity index (χ0v) is 12.3.